The first-order chi connectivity index (χ1) is 18.3. The molecule has 0 spiro atoms. The zero-order chi connectivity index (χ0) is 26.4. The number of rotatable bonds is 6. The van der Waals surface area contributed by atoms with Crippen LogP contribution in [-0.2, 0) is 19.4 Å². The number of alkyl halides is 3. The van der Waals surface area contributed by atoms with Crippen LogP contribution in [0.5, 0.6) is 28.7 Å². The smallest absolute Gasteiger partial charge is 0.493 e. The number of benzene rings is 3. The second-order valence-electron chi connectivity index (χ2n) is 9.78. The van der Waals surface area contributed by atoms with E-state index in [-0.39, 0.29) is 24.5 Å². The van der Waals surface area contributed by atoms with Crippen LogP contribution in [0.15, 0.2) is 48.5 Å². The van der Waals surface area contributed by atoms with Crippen molar-refractivity contribution in [1.82, 2.24) is 4.90 Å². The molecule has 200 valence electrons. The molecular weight excluding hydrogens is 499 g/mol. The molecule has 0 bridgehead atoms. The third-order valence-corrected chi connectivity index (χ3v) is 7.74. The highest BCUT2D eigenvalue weighted by Crippen LogP contribution is 2.53. The average Bonchev–Trinajstić information content (AvgIpc) is 3.36. The highest BCUT2D eigenvalue weighted by Gasteiger charge is 2.41. The Morgan fingerprint density at radius 2 is 1.71 bits per heavy atom. The lowest BCUT2D eigenvalue weighted by Gasteiger charge is -2.46. The summed E-state index contributed by atoms with van der Waals surface area (Å²) in [6.45, 7) is 1.84. The second-order valence-corrected chi connectivity index (χ2v) is 9.78. The zero-order valence-corrected chi connectivity index (χ0v) is 21.1. The van der Waals surface area contributed by atoms with Crippen LogP contribution in [0.25, 0.3) is 0 Å². The van der Waals surface area contributed by atoms with Gasteiger partial charge in [-0.1, -0.05) is 18.2 Å². The fourth-order valence-electron chi connectivity index (χ4n) is 6.12. The SMILES string of the molecule is COc1ccc2c(c1OC)CN1CCc3cc4c(cc3C1C2CCc1ccc(OC(F)(F)F)cc1)OCO4. The number of methoxy groups -OCH3 is 2. The van der Waals surface area contributed by atoms with Gasteiger partial charge < -0.3 is 23.7 Å². The summed E-state index contributed by atoms with van der Waals surface area (Å²) in [5, 5.41) is 0. The van der Waals surface area contributed by atoms with E-state index in [9.17, 15) is 13.2 Å². The lowest BCUT2D eigenvalue weighted by molar-refractivity contribution is -0.274. The number of ether oxygens (including phenoxy) is 5. The maximum atomic E-state index is 12.6. The molecule has 0 amide bonds. The van der Waals surface area contributed by atoms with Crippen LogP contribution in [0.2, 0.25) is 0 Å². The predicted octanol–water partition coefficient (Wildman–Crippen LogP) is 6.16. The molecule has 3 aromatic rings. The Balaban J connectivity index is 1.36. The van der Waals surface area contributed by atoms with Gasteiger partial charge in [-0.3, -0.25) is 4.90 Å². The normalized spacial score (nSPS) is 19.8. The van der Waals surface area contributed by atoms with Crippen molar-refractivity contribution in [2.75, 3.05) is 27.6 Å². The van der Waals surface area contributed by atoms with Crippen molar-refractivity contribution >= 4 is 0 Å². The van der Waals surface area contributed by atoms with Gasteiger partial charge in [-0.25, -0.2) is 0 Å². The first-order valence-electron chi connectivity index (χ1n) is 12.6. The fraction of sp³-hybridized carbons (Fsp3) is 0.379. The van der Waals surface area contributed by atoms with Crippen molar-refractivity contribution in [3.05, 3.63) is 76.3 Å². The van der Waals surface area contributed by atoms with E-state index in [1.54, 1.807) is 26.4 Å². The predicted molar refractivity (Wildman–Crippen MR) is 133 cm³/mol. The monoisotopic (exact) mass is 527 g/mol. The quantitative estimate of drug-likeness (QED) is 0.383. The summed E-state index contributed by atoms with van der Waals surface area (Å²) >= 11 is 0. The molecule has 0 saturated heterocycles. The van der Waals surface area contributed by atoms with Gasteiger partial charge in [0.2, 0.25) is 6.79 Å². The summed E-state index contributed by atoms with van der Waals surface area (Å²) in [7, 11) is 3.30. The number of aryl methyl sites for hydroxylation is 1. The van der Waals surface area contributed by atoms with Crippen LogP contribution in [-0.4, -0.2) is 38.8 Å². The van der Waals surface area contributed by atoms with Gasteiger partial charge in [0.15, 0.2) is 23.0 Å². The number of fused-ring (bicyclic) bond motifs is 5. The number of hydrogen-bond acceptors (Lipinski definition) is 6. The van der Waals surface area contributed by atoms with Gasteiger partial charge >= 0.3 is 6.36 Å². The van der Waals surface area contributed by atoms with Crippen molar-refractivity contribution in [3.63, 3.8) is 0 Å². The van der Waals surface area contributed by atoms with Crippen LogP contribution in [0.3, 0.4) is 0 Å². The summed E-state index contributed by atoms with van der Waals surface area (Å²) in [6.07, 6.45) is -2.33. The van der Waals surface area contributed by atoms with Crippen LogP contribution in [0, 0.1) is 0 Å². The third-order valence-electron chi connectivity index (χ3n) is 7.74. The molecule has 2 unspecified atom stereocenters. The highest BCUT2D eigenvalue weighted by atomic mass is 19.4. The number of halogens is 3. The van der Waals surface area contributed by atoms with Crippen LogP contribution >= 0.6 is 0 Å². The summed E-state index contributed by atoms with van der Waals surface area (Å²) in [6, 6.07) is 14.6. The lowest BCUT2D eigenvalue weighted by atomic mass is 9.74. The molecule has 0 fully saturated rings. The van der Waals surface area contributed by atoms with E-state index in [0.717, 1.165) is 54.3 Å². The van der Waals surface area contributed by atoms with Gasteiger partial charge in [0.25, 0.3) is 0 Å². The molecule has 3 heterocycles. The van der Waals surface area contributed by atoms with Gasteiger partial charge in [-0.2, -0.15) is 0 Å². The van der Waals surface area contributed by atoms with Gasteiger partial charge in [0, 0.05) is 30.6 Å². The molecule has 0 aromatic heterocycles. The van der Waals surface area contributed by atoms with E-state index in [2.05, 4.69) is 27.8 Å². The molecule has 3 aliphatic heterocycles. The van der Waals surface area contributed by atoms with Crippen LogP contribution in [0.1, 0.15) is 46.2 Å². The standard InChI is InChI=1S/C29H28F3NO5/c1-34-24-10-9-20-21(8-5-17-3-6-19(7-4-17)38-29(30,31)32)27-22-14-26-25(36-16-37-26)13-18(22)11-12-33(27)15-23(20)28(24)35-2/h3-4,6-7,9-10,13-14,21,27H,5,8,11-12,15-16H2,1-2H3. The molecule has 2 atom stereocenters. The summed E-state index contributed by atoms with van der Waals surface area (Å²) in [5.41, 5.74) is 5.76. The van der Waals surface area contributed by atoms with E-state index in [1.165, 1.54) is 28.8 Å². The van der Waals surface area contributed by atoms with Gasteiger partial charge in [0.1, 0.15) is 5.75 Å². The number of hydrogen-bond donors (Lipinski definition) is 0. The largest absolute Gasteiger partial charge is 0.573 e. The molecule has 9 heteroatoms. The van der Waals surface area contributed by atoms with E-state index >= 15 is 0 Å². The summed E-state index contributed by atoms with van der Waals surface area (Å²) in [5.74, 6) is 2.90. The van der Waals surface area contributed by atoms with E-state index in [4.69, 9.17) is 18.9 Å². The Bertz CT molecular complexity index is 1340. The minimum Gasteiger partial charge on any atom is -0.493 e. The Hall–Kier alpha value is -3.59. The first kappa shape index (κ1) is 24.7. The maximum absolute atomic E-state index is 12.6. The molecule has 3 aliphatic rings. The minimum atomic E-state index is -4.71. The minimum absolute atomic E-state index is 0.115. The molecular formula is C29H28F3NO5. The van der Waals surface area contributed by atoms with E-state index in [1.807, 2.05) is 6.07 Å². The maximum Gasteiger partial charge on any atom is 0.573 e. The van der Waals surface area contributed by atoms with Crippen molar-refractivity contribution in [2.45, 2.75) is 44.1 Å². The zero-order valence-electron chi connectivity index (χ0n) is 21.1. The average molecular weight is 528 g/mol. The summed E-state index contributed by atoms with van der Waals surface area (Å²) < 4.78 is 64.6. The molecule has 3 aromatic carbocycles. The molecule has 6 rings (SSSR count). The lowest BCUT2D eigenvalue weighted by Crippen LogP contribution is -2.42. The van der Waals surface area contributed by atoms with Gasteiger partial charge in [-0.15, -0.1) is 13.2 Å². The van der Waals surface area contributed by atoms with Crippen LogP contribution in [0.4, 0.5) is 13.2 Å². The Labute approximate surface area is 218 Å². The van der Waals surface area contributed by atoms with Crippen molar-refractivity contribution in [2.24, 2.45) is 0 Å². The molecule has 0 saturated carbocycles. The van der Waals surface area contributed by atoms with Crippen molar-refractivity contribution in [3.8, 4) is 28.7 Å². The molecule has 0 radical (unpaired) electrons. The third kappa shape index (κ3) is 4.49. The topological polar surface area (TPSA) is 49.4 Å². The molecule has 38 heavy (non-hydrogen) atoms. The second kappa shape index (κ2) is 9.62. The highest BCUT2D eigenvalue weighted by molar-refractivity contribution is 5.56. The Kier molecular flexibility index (Phi) is 6.26. The van der Waals surface area contributed by atoms with Gasteiger partial charge in [0.05, 0.1) is 14.2 Å². The van der Waals surface area contributed by atoms with E-state index < -0.39 is 6.36 Å². The Morgan fingerprint density at radius 3 is 2.42 bits per heavy atom. The molecule has 0 aliphatic carbocycles. The van der Waals surface area contributed by atoms with Crippen molar-refractivity contribution in [1.29, 1.82) is 0 Å². The van der Waals surface area contributed by atoms with Crippen molar-refractivity contribution < 1.29 is 36.9 Å². The van der Waals surface area contributed by atoms with E-state index in [0.29, 0.717) is 12.2 Å². The molecule has 6 nitrogen and oxygen atoms in total. The number of nitrogens with zero attached hydrogens (tertiary/aromatic N) is 1. The molecule has 0 N–H and O–H groups in total. The van der Waals surface area contributed by atoms with Crippen LogP contribution < -0.4 is 23.7 Å². The fourth-order valence-corrected chi connectivity index (χ4v) is 6.12. The Morgan fingerprint density at radius 1 is 0.947 bits per heavy atom. The summed E-state index contributed by atoms with van der Waals surface area (Å²) in [4.78, 5) is 2.49. The first-order valence-corrected chi connectivity index (χ1v) is 12.6. The van der Waals surface area contributed by atoms with Gasteiger partial charge in [-0.05, 0) is 71.8 Å².